The lowest BCUT2D eigenvalue weighted by Gasteiger charge is -2.44. The number of aliphatic hydroxyl groups excluding tert-OH is 1. The van der Waals surface area contributed by atoms with Crippen LogP contribution in [0.25, 0.3) is 17.0 Å². The van der Waals surface area contributed by atoms with E-state index in [9.17, 15) is 33.9 Å². The molecule has 8 rings (SSSR count). The van der Waals surface area contributed by atoms with Crippen molar-refractivity contribution < 1.29 is 71.7 Å². The Bertz CT molecular complexity index is 3330. The molecule has 0 unspecified atom stereocenters. The van der Waals surface area contributed by atoms with E-state index in [1.54, 1.807) is 103 Å². The quantitative estimate of drug-likeness (QED) is 0.0209. The minimum absolute atomic E-state index is 0.0298. The molecular weight excluding hydrogens is 1040 g/mol. The Morgan fingerprint density at radius 3 is 1.68 bits per heavy atom. The Kier molecular flexibility index (Phi) is 20.4. The van der Waals surface area contributed by atoms with Gasteiger partial charge in [0.2, 0.25) is 24.1 Å². The van der Waals surface area contributed by atoms with Crippen LogP contribution in [-0.2, 0) is 35.1 Å². The summed E-state index contributed by atoms with van der Waals surface area (Å²) < 4.78 is 55.1. The van der Waals surface area contributed by atoms with E-state index in [2.05, 4.69) is 17.2 Å². The molecule has 18 nitrogen and oxygen atoms in total. The van der Waals surface area contributed by atoms with Gasteiger partial charge in [0, 0.05) is 22.7 Å². The fourth-order valence-electron chi connectivity index (χ4n) is 9.00. The van der Waals surface area contributed by atoms with Crippen molar-refractivity contribution in [3.05, 3.63) is 201 Å². The van der Waals surface area contributed by atoms with Crippen molar-refractivity contribution in [1.82, 2.24) is 4.98 Å². The van der Waals surface area contributed by atoms with Crippen LogP contribution in [0.1, 0.15) is 98.0 Å². The van der Waals surface area contributed by atoms with E-state index in [0.29, 0.717) is 34.3 Å². The second kappa shape index (κ2) is 28.6. The number of hydrogen-bond acceptors (Lipinski definition) is 16. The first-order valence-electron chi connectivity index (χ1n) is 26.5. The molecule has 1 saturated heterocycles. The van der Waals surface area contributed by atoms with Crippen molar-refractivity contribution >= 4 is 52.5 Å². The van der Waals surface area contributed by atoms with Crippen LogP contribution in [0.3, 0.4) is 0 Å². The number of fused-ring (bicyclic) bond motifs is 1. The molecule has 3 N–H and O–H groups in total. The van der Waals surface area contributed by atoms with Gasteiger partial charge in [-0.25, -0.2) is 19.2 Å². The van der Waals surface area contributed by atoms with Gasteiger partial charge in [-0.15, -0.1) is 0 Å². The SMILES string of the molecule is CCCCCCCCOc1c(CO)c2ccc(NC(=O)C=Cc3cc(OC)c(O[C@@H]4O[C@H](COC(=O)c5ccccc5)[C@H](OC(=O)c5ccccc5)[C@H](OC(=O)c5ccccc5)[C@H]4OC(=O)c4ccccc4)c(OC)c3)cc2[nH]c1=O. The molecule has 6 aromatic carbocycles. The number of unbranched alkanes of at least 4 members (excludes halogenated alkanes) is 5. The van der Waals surface area contributed by atoms with Crippen molar-refractivity contribution in [2.45, 2.75) is 82.8 Å². The molecule has 5 atom stereocenters. The smallest absolute Gasteiger partial charge is 0.338 e. The van der Waals surface area contributed by atoms with Crippen LogP contribution in [0.15, 0.2) is 163 Å². The average Bonchev–Trinajstić information content (AvgIpc) is 3.70. The third-order valence-electron chi connectivity index (χ3n) is 13.1. The van der Waals surface area contributed by atoms with Crippen LogP contribution in [-0.4, -0.2) is 98.0 Å². The molecule has 0 radical (unpaired) electrons. The molecule has 0 spiro atoms. The van der Waals surface area contributed by atoms with Gasteiger partial charge in [0.15, 0.2) is 29.5 Å². The molecule has 0 bridgehead atoms. The Morgan fingerprint density at radius 2 is 1.14 bits per heavy atom. The summed E-state index contributed by atoms with van der Waals surface area (Å²) in [7, 11) is 2.70. The lowest BCUT2D eigenvalue weighted by molar-refractivity contribution is -0.275. The lowest BCUT2D eigenvalue weighted by atomic mass is 9.97. The number of carbonyl (C=O) groups excluding carboxylic acids is 5. The number of hydrogen-bond donors (Lipinski definition) is 3. The zero-order chi connectivity index (χ0) is 57.1. The third kappa shape index (κ3) is 15.1. The number of H-pyrrole nitrogens is 1. The number of methoxy groups -OCH3 is 2. The summed E-state index contributed by atoms with van der Waals surface area (Å²) in [5, 5.41) is 13.7. The first-order valence-corrected chi connectivity index (χ1v) is 26.5. The molecule has 7 aromatic rings. The zero-order valence-electron chi connectivity index (χ0n) is 44.9. The molecule has 1 aromatic heterocycles. The van der Waals surface area contributed by atoms with E-state index >= 15 is 0 Å². The van der Waals surface area contributed by atoms with E-state index in [4.69, 9.17) is 42.6 Å². The number of carbonyl (C=O) groups is 5. The third-order valence-corrected chi connectivity index (χ3v) is 13.1. The van der Waals surface area contributed by atoms with Gasteiger partial charge >= 0.3 is 23.9 Å². The Hall–Kier alpha value is -9.26. The zero-order valence-corrected chi connectivity index (χ0v) is 44.9. The fourth-order valence-corrected chi connectivity index (χ4v) is 9.00. The number of aromatic amines is 1. The van der Waals surface area contributed by atoms with Crippen LogP contribution in [0, 0.1) is 0 Å². The van der Waals surface area contributed by atoms with Crippen molar-refractivity contribution in [2.75, 3.05) is 32.8 Å². The van der Waals surface area contributed by atoms with Crippen LogP contribution in [0.2, 0.25) is 0 Å². The number of amides is 1. The van der Waals surface area contributed by atoms with Crippen LogP contribution < -0.4 is 29.8 Å². The van der Waals surface area contributed by atoms with E-state index in [-0.39, 0.29) is 45.3 Å². The minimum atomic E-state index is -1.76. The van der Waals surface area contributed by atoms with Crippen molar-refractivity contribution in [2.24, 2.45) is 0 Å². The summed E-state index contributed by atoms with van der Waals surface area (Å²) >= 11 is 0. The molecule has 18 heteroatoms. The highest BCUT2D eigenvalue weighted by Crippen LogP contribution is 2.42. The maximum absolute atomic E-state index is 14.2. The van der Waals surface area contributed by atoms with Gasteiger partial charge in [-0.1, -0.05) is 118 Å². The van der Waals surface area contributed by atoms with Gasteiger partial charge in [-0.2, -0.15) is 0 Å². The normalized spacial score (nSPS) is 16.7. The summed E-state index contributed by atoms with van der Waals surface area (Å²) in [6, 6.07) is 39.9. The Balaban J connectivity index is 1.09. The minimum Gasteiger partial charge on any atom is -0.493 e. The predicted octanol–water partition coefficient (Wildman–Crippen LogP) is 10.1. The molecular formula is C63H62N2O16. The maximum atomic E-state index is 14.2. The molecule has 1 fully saturated rings. The number of ether oxygens (including phenoxy) is 9. The molecule has 1 aliphatic heterocycles. The van der Waals surface area contributed by atoms with Gasteiger partial charge in [0.1, 0.15) is 12.7 Å². The number of benzene rings is 6. The summed E-state index contributed by atoms with van der Waals surface area (Å²) in [4.78, 5) is 85.3. The number of aromatic nitrogens is 1. The molecule has 1 aliphatic rings. The Morgan fingerprint density at radius 1 is 0.617 bits per heavy atom. The van der Waals surface area contributed by atoms with Crippen molar-refractivity contribution in [3.63, 3.8) is 0 Å². The van der Waals surface area contributed by atoms with Gasteiger partial charge in [-0.3, -0.25) is 9.59 Å². The number of esters is 4. The maximum Gasteiger partial charge on any atom is 0.338 e. The van der Waals surface area contributed by atoms with Crippen LogP contribution >= 0.6 is 0 Å². The first-order chi connectivity index (χ1) is 39.5. The van der Waals surface area contributed by atoms with Crippen LogP contribution in [0.5, 0.6) is 23.0 Å². The van der Waals surface area contributed by atoms with E-state index < -0.39 is 79.3 Å². The summed E-state index contributed by atoms with van der Waals surface area (Å²) in [6.07, 6.45) is 0.698. The fraction of sp³-hybridized carbons (Fsp3) is 0.270. The molecule has 81 heavy (non-hydrogen) atoms. The largest absolute Gasteiger partial charge is 0.493 e. The van der Waals surface area contributed by atoms with Gasteiger partial charge < -0.3 is 58.0 Å². The highest BCUT2D eigenvalue weighted by Gasteiger charge is 2.54. The van der Waals surface area contributed by atoms with E-state index in [1.807, 2.05) is 0 Å². The van der Waals surface area contributed by atoms with Crippen LogP contribution in [0.4, 0.5) is 5.69 Å². The number of pyridine rings is 1. The highest BCUT2D eigenvalue weighted by atomic mass is 16.7. The number of nitrogens with one attached hydrogen (secondary N) is 2. The second-order valence-electron chi connectivity index (χ2n) is 18.7. The molecule has 1 amide bonds. The predicted molar refractivity (Wildman–Crippen MR) is 300 cm³/mol. The van der Waals surface area contributed by atoms with Crippen molar-refractivity contribution in [1.29, 1.82) is 0 Å². The summed E-state index contributed by atoms with van der Waals surface area (Å²) in [5.74, 6) is -3.97. The number of anilines is 1. The highest BCUT2D eigenvalue weighted by molar-refractivity contribution is 6.03. The lowest BCUT2D eigenvalue weighted by Crippen LogP contribution is -2.64. The average molecular weight is 1100 g/mol. The first kappa shape index (κ1) is 57.9. The molecule has 2 heterocycles. The van der Waals surface area contributed by atoms with Gasteiger partial charge in [-0.05, 0) is 90.9 Å². The van der Waals surface area contributed by atoms with Gasteiger partial charge in [0.25, 0.3) is 5.56 Å². The number of aliphatic hydroxyl groups is 1. The molecule has 420 valence electrons. The molecule has 0 saturated carbocycles. The summed E-state index contributed by atoms with van der Waals surface area (Å²) in [5.41, 5.74) is 1.47. The van der Waals surface area contributed by atoms with E-state index in [1.165, 1.54) is 81.3 Å². The Labute approximate surface area is 467 Å². The van der Waals surface area contributed by atoms with Crippen molar-refractivity contribution in [3.8, 4) is 23.0 Å². The monoisotopic (exact) mass is 1100 g/mol. The summed E-state index contributed by atoms with van der Waals surface area (Å²) in [6.45, 7) is 1.46. The topological polar surface area (TPSA) is 234 Å². The number of rotatable bonds is 25. The van der Waals surface area contributed by atoms with E-state index in [0.717, 1.165) is 32.1 Å². The van der Waals surface area contributed by atoms with Gasteiger partial charge in [0.05, 0.1) is 55.2 Å². The standard InChI is InChI=1S/C63H62N2O16/c1-4-5-6-7-8-21-34-75-53-47(38-66)46-32-31-45(37-48(46)65-58(53)68)64-52(67)33-30-40-35-49(73-2)54(50(36-40)74-3)81-63-57(80-62(72)44-28-19-12-20-29-44)56(79-61(71)43-26-17-11-18-27-43)55(78-60(70)42-24-15-10-16-25-42)51(77-63)39-76-59(69)41-22-13-9-14-23-41/h9-20,22-33,35-37,51,55-57,63,66H,4-8,21,34,38-39H2,1-3H3,(H,64,67)(H,65,68)/t51-,55+,56+,57-,63+/m1/s1. The second-order valence-corrected chi connectivity index (χ2v) is 18.7. The molecule has 0 aliphatic carbocycles.